The van der Waals surface area contributed by atoms with E-state index < -0.39 is 11.6 Å². The average molecular weight is 359 g/mol. The molecule has 0 spiro atoms. The molecule has 0 saturated carbocycles. The predicted octanol–water partition coefficient (Wildman–Crippen LogP) is 3.96. The highest BCUT2D eigenvalue weighted by atomic mass is 32.1. The number of benzene rings is 2. The van der Waals surface area contributed by atoms with Gasteiger partial charge in [0.1, 0.15) is 11.6 Å². The number of hydrogen-bond donors (Lipinski definition) is 1. The molecule has 25 heavy (non-hydrogen) atoms. The fraction of sp³-hybridized carbons (Fsp3) is 0.222. The predicted molar refractivity (Wildman–Crippen MR) is 95.0 cm³/mol. The molecule has 4 rings (SSSR count). The maximum Gasteiger partial charge on any atom is 0.231 e. The third-order valence-electron chi connectivity index (χ3n) is 4.24. The fourth-order valence-corrected chi connectivity index (χ4v) is 3.86. The molecule has 7 heteroatoms. The third-order valence-corrected chi connectivity index (χ3v) is 5.32. The first kappa shape index (κ1) is 16.0. The van der Waals surface area contributed by atoms with Crippen molar-refractivity contribution in [3.8, 4) is 0 Å². The van der Waals surface area contributed by atoms with Crippen LogP contribution in [0.1, 0.15) is 5.56 Å². The number of hydrogen-bond acceptors (Lipinski definition) is 4. The number of amides is 1. The van der Waals surface area contributed by atoms with Crippen molar-refractivity contribution in [1.82, 2.24) is 4.98 Å². The summed E-state index contributed by atoms with van der Waals surface area (Å²) in [5.74, 6) is -1.95. The van der Waals surface area contributed by atoms with Gasteiger partial charge in [0.2, 0.25) is 5.91 Å². The molecule has 0 unspecified atom stereocenters. The molecule has 4 nitrogen and oxygen atoms in total. The summed E-state index contributed by atoms with van der Waals surface area (Å²) >= 11 is 1.60. The van der Waals surface area contributed by atoms with Crippen LogP contribution in [0.4, 0.5) is 19.6 Å². The SMILES string of the molecule is Cc1ccc2nc(N3CC(C(=O)Nc4ccc(F)cc4F)C3)sc2c1. The van der Waals surface area contributed by atoms with Crippen molar-refractivity contribution in [3.05, 3.63) is 53.6 Å². The number of anilines is 2. The van der Waals surface area contributed by atoms with Gasteiger partial charge in [-0.3, -0.25) is 4.79 Å². The third kappa shape index (κ3) is 3.07. The number of nitrogens with one attached hydrogen (secondary N) is 1. The van der Waals surface area contributed by atoms with Crippen LogP contribution in [0.5, 0.6) is 0 Å². The van der Waals surface area contributed by atoms with Crippen molar-refractivity contribution in [3.63, 3.8) is 0 Å². The topological polar surface area (TPSA) is 45.2 Å². The van der Waals surface area contributed by atoms with Gasteiger partial charge < -0.3 is 10.2 Å². The molecule has 1 aliphatic rings. The van der Waals surface area contributed by atoms with E-state index in [-0.39, 0.29) is 17.5 Å². The van der Waals surface area contributed by atoms with Gasteiger partial charge in [-0.2, -0.15) is 0 Å². The second-order valence-corrected chi connectivity index (χ2v) is 7.19. The van der Waals surface area contributed by atoms with Gasteiger partial charge in [-0.15, -0.1) is 0 Å². The molecule has 0 bridgehead atoms. The minimum Gasteiger partial charge on any atom is -0.346 e. The number of rotatable bonds is 3. The maximum absolute atomic E-state index is 13.6. The molecule has 1 amide bonds. The summed E-state index contributed by atoms with van der Waals surface area (Å²) in [5, 5.41) is 3.41. The van der Waals surface area contributed by atoms with Gasteiger partial charge >= 0.3 is 0 Å². The molecule has 2 aromatic carbocycles. The van der Waals surface area contributed by atoms with Crippen LogP contribution in [0.15, 0.2) is 36.4 Å². The molecule has 1 fully saturated rings. The van der Waals surface area contributed by atoms with Crippen LogP contribution >= 0.6 is 11.3 Å². The van der Waals surface area contributed by atoms with E-state index >= 15 is 0 Å². The van der Waals surface area contributed by atoms with Gasteiger partial charge in [0.05, 0.1) is 21.8 Å². The van der Waals surface area contributed by atoms with Crippen molar-refractivity contribution >= 4 is 38.3 Å². The highest BCUT2D eigenvalue weighted by molar-refractivity contribution is 7.22. The van der Waals surface area contributed by atoms with Crippen LogP contribution in [-0.4, -0.2) is 24.0 Å². The summed E-state index contributed by atoms with van der Waals surface area (Å²) in [6, 6.07) is 9.22. The van der Waals surface area contributed by atoms with Gasteiger partial charge in [-0.05, 0) is 36.8 Å². The standard InChI is InChI=1S/C18H15F2N3OS/c1-10-2-4-15-16(6-10)25-18(22-15)23-8-11(9-23)17(24)21-14-5-3-12(19)7-13(14)20/h2-7,11H,8-9H2,1H3,(H,21,24). The number of thiazole rings is 1. The molecule has 0 atom stereocenters. The molecule has 2 heterocycles. The van der Waals surface area contributed by atoms with Crippen molar-refractivity contribution < 1.29 is 13.6 Å². The quantitative estimate of drug-likeness (QED) is 0.770. The Morgan fingerprint density at radius 2 is 2.04 bits per heavy atom. The number of fused-ring (bicyclic) bond motifs is 1. The largest absolute Gasteiger partial charge is 0.346 e. The van der Waals surface area contributed by atoms with Gasteiger partial charge in [0.15, 0.2) is 5.13 Å². The summed E-state index contributed by atoms with van der Waals surface area (Å²) in [7, 11) is 0. The van der Waals surface area contributed by atoms with E-state index in [0.29, 0.717) is 13.1 Å². The van der Waals surface area contributed by atoms with Crippen LogP contribution in [-0.2, 0) is 4.79 Å². The molecular weight excluding hydrogens is 344 g/mol. The summed E-state index contributed by atoms with van der Waals surface area (Å²) < 4.78 is 27.6. The van der Waals surface area contributed by atoms with E-state index in [0.717, 1.165) is 27.5 Å². The first-order valence-electron chi connectivity index (χ1n) is 7.87. The van der Waals surface area contributed by atoms with Crippen molar-refractivity contribution in [2.45, 2.75) is 6.92 Å². The second-order valence-electron chi connectivity index (χ2n) is 6.18. The van der Waals surface area contributed by atoms with E-state index in [2.05, 4.69) is 16.4 Å². The summed E-state index contributed by atoms with van der Waals surface area (Å²) in [4.78, 5) is 18.8. The Bertz CT molecular complexity index is 966. The minimum absolute atomic E-state index is 0.000289. The Kier molecular flexibility index (Phi) is 3.88. The van der Waals surface area contributed by atoms with Gasteiger partial charge in [0, 0.05) is 19.2 Å². The van der Waals surface area contributed by atoms with Gasteiger partial charge in [0.25, 0.3) is 0 Å². The molecular formula is C18H15F2N3OS. The zero-order chi connectivity index (χ0) is 17.6. The number of aryl methyl sites for hydroxylation is 1. The molecule has 1 aliphatic heterocycles. The Morgan fingerprint density at radius 3 is 2.80 bits per heavy atom. The number of carbonyl (C=O) groups excluding carboxylic acids is 1. The molecule has 0 radical (unpaired) electrons. The van der Waals surface area contributed by atoms with Crippen LogP contribution in [0, 0.1) is 24.5 Å². The van der Waals surface area contributed by atoms with Crippen LogP contribution in [0.2, 0.25) is 0 Å². The van der Waals surface area contributed by atoms with E-state index in [1.54, 1.807) is 11.3 Å². The fourth-order valence-electron chi connectivity index (χ4n) is 2.78. The first-order valence-corrected chi connectivity index (χ1v) is 8.69. The molecule has 3 aromatic rings. The highest BCUT2D eigenvalue weighted by Crippen LogP contribution is 2.33. The van der Waals surface area contributed by atoms with Crippen molar-refractivity contribution in [2.75, 3.05) is 23.3 Å². The van der Waals surface area contributed by atoms with Crippen LogP contribution < -0.4 is 10.2 Å². The zero-order valence-corrected chi connectivity index (χ0v) is 14.2. The van der Waals surface area contributed by atoms with E-state index in [4.69, 9.17) is 0 Å². The van der Waals surface area contributed by atoms with E-state index in [1.807, 2.05) is 24.0 Å². The highest BCUT2D eigenvalue weighted by Gasteiger charge is 2.34. The Labute approximate surface area is 147 Å². The Balaban J connectivity index is 1.41. The first-order chi connectivity index (χ1) is 12.0. The monoisotopic (exact) mass is 359 g/mol. The minimum atomic E-state index is -0.772. The van der Waals surface area contributed by atoms with Gasteiger partial charge in [-0.25, -0.2) is 13.8 Å². The normalized spacial score (nSPS) is 14.6. The van der Waals surface area contributed by atoms with Crippen LogP contribution in [0.3, 0.4) is 0 Å². The average Bonchev–Trinajstić information content (AvgIpc) is 2.91. The maximum atomic E-state index is 13.6. The van der Waals surface area contributed by atoms with Crippen molar-refractivity contribution in [2.24, 2.45) is 5.92 Å². The van der Waals surface area contributed by atoms with Gasteiger partial charge in [-0.1, -0.05) is 17.4 Å². The lowest BCUT2D eigenvalue weighted by Gasteiger charge is -2.37. The second kappa shape index (κ2) is 6.07. The number of aromatic nitrogens is 1. The smallest absolute Gasteiger partial charge is 0.231 e. The Morgan fingerprint density at radius 1 is 1.24 bits per heavy atom. The summed E-state index contributed by atoms with van der Waals surface area (Å²) in [6.45, 7) is 3.11. The summed E-state index contributed by atoms with van der Waals surface area (Å²) in [5.41, 5.74) is 2.14. The number of halogens is 2. The molecule has 1 saturated heterocycles. The lowest BCUT2D eigenvalue weighted by atomic mass is 10.00. The van der Waals surface area contributed by atoms with Crippen LogP contribution in [0.25, 0.3) is 10.2 Å². The lowest BCUT2D eigenvalue weighted by Crippen LogP contribution is -2.52. The van der Waals surface area contributed by atoms with E-state index in [9.17, 15) is 13.6 Å². The molecule has 128 valence electrons. The Hall–Kier alpha value is -2.54. The number of carbonyl (C=O) groups is 1. The molecule has 1 N–H and O–H groups in total. The van der Waals surface area contributed by atoms with Crippen molar-refractivity contribution in [1.29, 1.82) is 0 Å². The molecule has 0 aliphatic carbocycles. The lowest BCUT2D eigenvalue weighted by molar-refractivity contribution is -0.120. The molecule has 1 aromatic heterocycles. The number of nitrogens with zero attached hydrogens (tertiary/aromatic N) is 2. The zero-order valence-electron chi connectivity index (χ0n) is 13.4. The van der Waals surface area contributed by atoms with E-state index in [1.165, 1.54) is 11.6 Å². The summed E-state index contributed by atoms with van der Waals surface area (Å²) in [6.07, 6.45) is 0.